The van der Waals surface area contributed by atoms with E-state index in [1.807, 2.05) is 11.0 Å². The van der Waals surface area contributed by atoms with E-state index in [1.165, 1.54) is 172 Å². The molecule has 1 aliphatic heterocycles. The Balaban J connectivity index is 1.65. The molecule has 1 heterocycles. The van der Waals surface area contributed by atoms with Crippen LogP contribution in [-0.4, -0.2) is 141 Å². The summed E-state index contributed by atoms with van der Waals surface area (Å²) >= 11 is 0. The van der Waals surface area contributed by atoms with Crippen molar-refractivity contribution in [3.63, 3.8) is 0 Å². The minimum atomic E-state index is -0.896. The molecule has 1 fully saturated rings. The zero-order chi connectivity index (χ0) is 60.9. The van der Waals surface area contributed by atoms with E-state index in [2.05, 4.69) is 45.7 Å². The number of hydrogen-bond acceptors (Lipinski definition) is 11. The fourth-order valence-electron chi connectivity index (χ4n) is 10.2. The highest BCUT2D eigenvalue weighted by atomic mass is 16.5. The third-order valence-corrected chi connectivity index (χ3v) is 15.4. The van der Waals surface area contributed by atoms with E-state index in [-0.39, 0.29) is 32.2 Å². The van der Waals surface area contributed by atoms with Crippen LogP contribution in [0.1, 0.15) is 244 Å². The minimum absolute atomic E-state index is 0.0520. The molecule has 19 nitrogen and oxygen atoms in total. The van der Waals surface area contributed by atoms with E-state index in [4.69, 9.17) is 9.47 Å². The highest BCUT2D eigenvalue weighted by Gasteiger charge is 2.32. The molecule has 478 valence electrons. The Kier molecular flexibility index (Phi) is 45.9. The summed E-state index contributed by atoms with van der Waals surface area (Å²) in [5, 5.41) is 14.5. The van der Waals surface area contributed by atoms with Crippen LogP contribution in [0.3, 0.4) is 0 Å². The first-order chi connectivity index (χ1) is 40.9. The SMILES string of the molecule is CCCCCCCCCCCCCCCCCCN(CCCCCCCCCCCCCCCCCC)C(=O)COCC(=O)NCC(=O)NCC(=O)NCC(=O)N1CCCCC1C(=O)NCC(=O)NCC(=O)NCC(=O)OCc1ccccc1. The van der Waals surface area contributed by atoms with Crippen molar-refractivity contribution >= 4 is 53.2 Å². The monoisotopic (exact) mass is 1180 g/mol. The van der Waals surface area contributed by atoms with Crippen LogP contribution in [0.15, 0.2) is 30.3 Å². The number of carbonyl (C=O) groups is 9. The number of benzene rings is 1. The quantitative estimate of drug-likeness (QED) is 0.0265. The van der Waals surface area contributed by atoms with Crippen LogP contribution in [-0.2, 0) is 59.2 Å². The molecule has 0 bridgehead atoms. The number of unbranched alkanes of at least 4 members (excludes halogenated alkanes) is 30. The molecule has 1 atom stereocenters. The predicted molar refractivity (Wildman–Crippen MR) is 330 cm³/mol. The van der Waals surface area contributed by atoms with Crippen LogP contribution in [0.25, 0.3) is 0 Å². The summed E-state index contributed by atoms with van der Waals surface area (Å²) in [4.78, 5) is 117. The maximum Gasteiger partial charge on any atom is 0.325 e. The van der Waals surface area contributed by atoms with E-state index in [0.717, 1.165) is 44.1 Å². The second-order valence-corrected chi connectivity index (χ2v) is 22.8. The lowest BCUT2D eigenvalue weighted by atomic mass is 10.0. The average Bonchev–Trinajstić information content (AvgIpc) is 3.70. The standard InChI is InChI=1S/C65H112N8O11/c1-3-5-7-9-11-13-15-17-19-21-23-25-27-29-31-37-43-72(44-38-32-30-28-26-24-22-20-18-16-14-12-10-8-6-4-2)63(80)54-83-53-61(78)68-48-57(74)66-46-58(75)69-50-62(79)73-45-39-36-42-56(73)65(82)71-49-60(77)67-47-59(76)70-51-64(81)84-52-55-40-34-33-35-41-55/h33-35,40-41,56H,3-32,36-39,42-54H2,1-2H3,(H,66,74)(H,67,77)(H,68,78)(H,69,75)(H,70,76)(H,71,82). The van der Waals surface area contributed by atoms with Gasteiger partial charge in [0.05, 0.1) is 32.7 Å². The van der Waals surface area contributed by atoms with Crippen molar-refractivity contribution in [1.29, 1.82) is 0 Å². The Labute approximate surface area is 504 Å². The lowest BCUT2D eigenvalue weighted by Gasteiger charge is -2.34. The number of nitrogens with one attached hydrogen (secondary N) is 6. The normalized spacial score (nSPS) is 12.9. The van der Waals surface area contributed by atoms with E-state index in [1.54, 1.807) is 24.3 Å². The third-order valence-electron chi connectivity index (χ3n) is 15.4. The highest BCUT2D eigenvalue weighted by Crippen LogP contribution is 2.19. The minimum Gasteiger partial charge on any atom is -0.460 e. The van der Waals surface area contributed by atoms with Gasteiger partial charge in [-0.3, -0.25) is 43.2 Å². The molecule has 0 spiro atoms. The molecule has 1 aromatic rings. The Hall–Kier alpha value is -5.59. The Morgan fingerprint density at radius 3 is 1.26 bits per heavy atom. The maximum atomic E-state index is 13.4. The predicted octanol–water partition coefficient (Wildman–Crippen LogP) is 9.18. The van der Waals surface area contributed by atoms with Gasteiger partial charge in [0.2, 0.25) is 47.3 Å². The van der Waals surface area contributed by atoms with Gasteiger partial charge < -0.3 is 51.2 Å². The third kappa shape index (κ3) is 41.4. The molecule has 0 radical (unpaired) electrons. The molecule has 2 rings (SSSR count). The van der Waals surface area contributed by atoms with Crippen molar-refractivity contribution in [2.24, 2.45) is 0 Å². The summed E-state index contributed by atoms with van der Waals surface area (Å²) in [7, 11) is 0. The fraction of sp³-hybridized carbons (Fsp3) is 0.769. The molecule has 1 aliphatic rings. The van der Waals surface area contributed by atoms with Crippen molar-refractivity contribution < 1.29 is 52.6 Å². The van der Waals surface area contributed by atoms with Crippen molar-refractivity contribution in [3.05, 3.63) is 35.9 Å². The molecule has 1 saturated heterocycles. The van der Waals surface area contributed by atoms with E-state index < -0.39 is 92.7 Å². The number of likely N-dealkylation sites (tertiary alicyclic amines) is 1. The topological polar surface area (TPSA) is 251 Å². The summed E-state index contributed by atoms with van der Waals surface area (Å²) < 4.78 is 10.6. The summed E-state index contributed by atoms with van der Waals surface area (Å²) in [6.07, 6.45) is 42.7. The van der Waals surface area contributed by atoms with Gasteiger partial charge in [-0.2, -0.15) is 0 Å². The van der Waals surface area contributed by atoms with Crippen LogP contribution >= 0.6 is 0 Å². The number of rotatable bonds is 53. The summed E-state index contributed by atoms with van der Waals surface area (Å²) in [5.74, 6) is -5.13. The molecule has 8 amide bonds. The zero-order valence-corrected chi connectivity index (χ0v) is 52.1. The zero-order valence-electron chi connectivity index (χ0n) is 52.1. The number of esters is 1. The van der Waals surface area contributed by atoms with E-state index >= 15 is 0 Å². The smallest absolute Gasteiger partial charge is 0.325 e. The number of nitrogens with zero attached hydrogens (tertiary/aromatic N) is 2. The molecule has 0 aliphatic carbocycles. The van der Waals surface area contributed by atoms with Crippen molar-refractivity contribution in [3.8, 4) is 0 Å². The molecule has 0 aromatic heterocycles. The number of amides is 8. The molecule has 0 saturated carbocycles. The largest absolute Gasteiger partial charge is 0.460 e. The van der Waals surface area contributed by atoms with Gasteiger partial charge in [0.25, 0.3) is 0 Å². The first-order valence-electron chi connectivity index (χ1n) is 32.9. The van der Waals surface area contributed by atoms with Gasteiger partial charge in [-0.15, -0.1) is 0 Å². The second-order valence-electron chi connectivity index (χ2n) is 22.8. The maximum absolute atomic E-state index is 13.4. The van der Waals surface area contributed by atoms with Gasteiger partial charge in [0, 0.05) is 19.6 Å². The first-order valence-corrected chi connectivity index (χ1v) is 32.9. The summed E-state index contributed by atoms with van der Waals surface area (Å²) in [6.45, 7) is 2.85. The van der Waals surface area contributed by atoms with Crippen LogP contribution in [0, 0.1) is 0 Å². The molecule has 1 unspecified atom stereocenters. The van der Waals surface area contributed by atoms with Gasteiger partial charge in [0.1, 0.15) is 32.4 Å². The highest BCUT2D eigenvalue weighted by molar-refractivity contribution is 5.94. The number of ether oxygens (including phenoxy) is 2. The number of piperidine rings is 1. The van der Waals surface area contributed by atoms with Gasteiger partial charge in [0.15, 0.2) is 0 Å². The van der Waals surface area contributed by atoms with Gasteiger partial charge >= 0.3 is 5.97 Å². The van der Waals surface area contributed by atoms with Crippen molar-refractivity contribution in [2.45, 2.75) is 251 Å². The van der Waals surface area contributed by atoms with Crippen molar-refractivity contribution in [1.82, 2.24) is 41.7 Å². The first kappa shape index (κ1) is 74.5. The van der Waals surface area contributed by atoms with E-state index in [9.17, 15) is 43.2 Å². The molecule has 84 heavy (non-hydrogen) atoms. The lowest BCUT2D eigenvalue weighted by molar-refractivity contribution is -0.145. The fourth-order valence-corrected chi connectivity index (χ4v) is 10.2. The van der Waals surface area contributed by atoms with Gasteiger partial charge in [-0.25, -0.2) is 0 Å². The van der Waals surface area contributed by atoms with Crippen LogP contribution < -0.4 is 31.9 Å². The Bertz CT molecular complexity index is 1920. The molecule has 6 N–H and O–H groups in total. The Morgan fingerprint density at radius 1 is 0.440 bits per heavy atom. The van der Waals surface area contributed by atoms with Gasteiger partial charge in [-0.1, -0.05) is 237 Å². The summed E-state index contributed by atoms with van der Waals surface area (Å²) in [5.41, 5.74) is 0.790. The van der Waals surface area contributed by atoms with E-state index in [0.29, 0.717) is 32.4 Å². The van der Waals surface area contributed by atoms with Crippen LogP contribution in [0.5, 0.6) is 0 Å². The second kappa shape index (κ2) is 51.8. The summed E-state index contributed by atoms with van der Waals surface area (Å²) in [6, 6.07) is 8.14. The molecule has 1 aromatic carbocycles. The molecule has 19 heteroatoms. The number of hydrogen-bond donors (Lipinski definition) is 6. The van der Waals surface area contributed by atoms with Gasteiger partial charge in [-0.05, 0) is 37.7 Å². The molecular weight excluding hydrogens is 1070 g/mol. The van der Waals surface area contributed by atoms with Crippen LogP contribution in [0.2, 0.25) is 0 Å². The van der Waals surface area contributed by atoms with Crippen LogP contribution in [0.4, 0.5) is 0 Å². The average molecular weight is 1180 g/mol. The number of carbonyl (C=O) groups excluding carboxylic acids is 9. The van der Waals surface area contributed by atoms with Crippen molar-refractivity contribution in [2.75, 3.05) is 72.1 Å². The molecular formula is C65H112N8O11. The lowest BCUT2D eigenvalue weighted by Crippen LogP contribution is -2.55. The Morgan fingerprint density at radius 2 is 0.821 bits per heavy atom.